The van der Waals surface area contributed by atoms with E-state index >= 15 is 0 Å². The van der Waals surface area contributed by atoms with Crippen LogP contribution in [0.5, 0.6) is 0 Å². The summed E-state index contributed by atoms with van der Waals surface area (Å²) in [5.41, 5.74) is 6.05. The summed E-state index contributed by atoms with van der Waals surface area (Å²) in [4.78, 5) is 25.5. The lowest BCUT2D eigenvalue weighted by molar-refractivity contribution is 0.103. The highest BCUT2D eigenvalue weighted by molar-refractivity contribution is 6.12. The van der Waals surface area contributed by atoms with Crippen LogP contribution in [0, 0.1) is 6.92 Å². The number of carbonyl (C=O) groups is 1. The van der Waals surface area contributed by atoms with Crippen molar-refractivity contribution in [1.29, 1.82) is 0 Å². The van der Waals surface area contributed by atoms with Gasteiger partial charge in [0.1, 0.15) is 11.7 Å². The summed E-state index contributed by atoms with van der Waals surface area (Å²) in [7, 11) is 0. The number of rotatable bonds is 8. The molecule has 3 aromatic rings. The van der Waals surface area contributed by atoms with Crippen LogP contribution in [0.15, 0.2) is 85.2 Å². The SMILES string of the molecule is C=CNc1c(C)cccc1C(=O)c1ccc(Nc2ccnc(N=C(C=C)NN)n2)cc1. The smallest absolute Gasteiger partial charge is 0.253 e. The monoisotopic (exact) mass is 413 g/mol. The number of amidine groups is 1. The molecule has 0 aliphatic heterocycles. The van der Waals surface area contributed by atoms with Gasteiger partial charge in [-0.15, -0.1) is 0 Å². The molecule has 156 valence electrons. The molecule has 0 fully saturated rings. The molecule has 1 aromatic heterocycles. The first-order valence-electron chi connectivity index (χ1n) is 9.45. The number of hydrazine groups is 1. The van der Waals surface area contributed by atoms with Crippen LogP contribution in [0.1, 0.15) is 21.5 Å². The Hall–Kier alpha value is -4.30. The Bertz CT molecular complexity index is 1140. The highest BCUT2D eigenvalue weighted by Gasteiger charge is 2.14. The molecule has 0 bridgehead atoms. The van der Waals surface area contributed by atoms with Crippen LogP contribution < -0.4 is 21.9 Å². The highest BCUT2D eigenvalue weighted by atomic mass is 16.1. The van der Waals surface area contributed by atoms with Gasteiger partial charge < -0.3 is 16.1 Å². The van der Waals surface area contributed by atoms with Crippen molar-refractivity contribution in [2.45, 2.75) is 6.92 Å². The third-order valence-electron chi connectivity index (χ3n) is 4.39. The van der Waals surface area contributed by atoms with E-state index in [0.29, 0.717) is 22.8 Å². The fourth-order valence-electron chi connectivity index (χ4n) is 2.88. The predicted molar refractivity (Wildman–Crippen MR) is 125 cm³/mol. The molecule has 8 nitrogen and oxygen atoms in total. The summed E-state index contributed by atoms with van der Waals surface area (Å²) >= 11 is 0. The van der Waals surface area contributed by atoms with E-state index in [1.165, 1.54) is 6.08 Å². The second-order valence-corrected chi connectivity index (χ2v) is 6.46. The largest absolute Gasteiger partial charge is 0.361 e. The van der Waals surface area contributed by atoms with Crippen molar-refractivity contribution in [2.75, 3.05) is 10.6 Å². The Kier molecular flexibility index (Phi) is 6.87. The maximum Gasteiger partial charge on any atom is 0.253 e. The topological polar surface area (TPSA) is 117 Å². The lowest BCUT2D eigenvalue weighted by Gasteiger charge is -2.12. The number of aryl methyl sites for hydroxylation is 1. The lowest BCUT2D eigenvalue weighted by atomic mass is 9.99. The molecule has 0 aliphatic rings. The number of ketones is 1. The van der Waals surface area contributed by atoms with E-state index < -0.39 is 0 Å². The van der Waals surface area contributed by atoms with Crippen molar-refractivity contribution in [3.8, 4) is 0 Å². The first-order chi connectivity index (χ1) is 15.0. The number of anilines is 3. The van der Waals surface area contributed by atoms with Crippen molar-refractivity contribution >= 4 is 34.8 Å². The number of aromatic nitrogens is 2. The molecule has 31 heavy (non-hydrogen) atoms. The van der Waals surface area contributed by atoms with E-state index in [1.807, 2.05) is 31.2 Å². The number of hydrogen-bond donors (Lipinski definition) is 4. The minimum absolute atomic E-state index is 0.0792. The van der Waals surface area contributed by atoms with Crippen LogP contribution >= 0.6 is 0 Å². The molecule has 0 spiro atoms. The van der Waals surface area contributed by atoms with E-state index in [0.717, 1.165) is 16.9 Å². The van der Waals surface area contributed by atoms with Crippen LogP contribution in [0.2, 0.25) is 0 Å². The number of nitrogens with one attached hydrogen (secondary N) is 3. The zero-order valence-corrected chi connectivity index (χ0v) is 17.1. The molecule has 0 radical (unpaired) electrons. The van der Waals surface area contributed by atoms with Crippen molar-refractivity contribution < 1.29 is 4.79 Å². The average Bonchev–Trinajstić information content (AvgIpc) is 2.79. The van der Waals surface area contributed by atoms with Crippen molar-refractivity contribution in [1.82, 2.24) is 15.4 Å². The molecule has 5 N–H and O–H groups in total. The standard InChI is InChI=1S/C23H23N7O/c1-4-19(30-24)28-23-26-14-13-20(29-23)27-17-11-9-16(10-12-17)22(31)18-8-6-7-15(3)21(18)25-5-2/h4-14,25H,1-2,24H2,3H3,(H2,26,27,28,29,30). The van der Waals surface area contributed by atoms with E-state index in [-0.39, 0.29) is 11.7 Å². The summed E-state index contributed by atoms with van der Waals surface area (Å²) in [6.45, 7) is 9.23. The van der Waals surface area contributed by atoms with Crippen LogP contribution in [0.4, 0.5) is 23.1 Å². The van der Waals surface area contributed by atoms with Crippen molar-refractivity contribution in [3.63, 3.8) is 0 Å². The molecule has 0 unspecified atom stereocenters. The molecular formula is C23H23N7O. The van der Waals surface area contributed by atoms with E-state index in [9.17, 15) is 4.79 Å². The quantitative estimate of drug-likeness (QED) is 0.145. The lowest BCUT2D eigenvalue weighted by Crippen LogP contribution is -2.28. The predicted octanol–water partition coefficient (Wildman–Crippen LogP) is 3.99. The van der Waals surface area contributed by atoms with Gasteiger partial charge >= 0.3 is 0 Å². The Balaban J connectivity index is 1.79. The summed E-state index contributed by atoms with van der Waals surface area (Å²) in [6, 6.07) is 14.5. The number of hydrogen-bond acceptors (Lipinski definition) is 7. The van der Waals surface area contributed by atoms with E-state index in [2.05, 4.69) is 44.2 Å². The van der Waals surface area contributed by atoms with Gasteiger partial charge in [-0.2, -0.15) is 9.98 Å². The van der Waals surface area contributed by atoms with Crippen LogP contribution in [0.25, 0.3) is 0 Å². The minimum atomic E-state index is -0.0792. The van der Waals surface area contributed by atoms with Crippen LogP contribution in [-0.2, 0) is 0 Å². The molecule has 0 saturated carbocycles. The van der Waals surface area contributed by atoms with Gasteiger partial charge in [0.25, 0.3) is 5.95 Å². The summed E-state index contributed by atoms with van der Waals surface area (Å²) in [6.07, 6.45) is 4.60. The molecule has 0 atom stereocenters. The maximum absolute atomic E-state index is 13.0. The van der Waals surface area contributed by atoms with Crippen molar-refractivity contribution in [3.05, 3.63) is 96.9 Å². The fourth-order valence-corrected chi connectivity index (χ4v) is 2.88. The van der Waals surface area contributed by atoms with Gasteiger partial charge in [0.05, 0.1) is 5.69 Å². The summed E-state index contributed by atoms with van der Waals surface area (Å²) < 4.78 is 0. The molecule has 0 amide bonds. The van der Waals surface area contributed by atoms with Gasteiger partial charge in [-0.1, -0.05) is 25.3 Å². The van der Waals surface area contributed by atoms with Gasteiger partial charge in [-0.05, 0) is 61.2 Å². The Labute approximate surface area is 180 Å². The number of nitrogens with zero attached hydrogens (tertiary/aromatic N) is 3. The maximum atomic E-state index is 13.0. The highest BCUT2D eigenvalue weighted by Crippen LogP contribution is 2.25. The number of carbonyl (C=O) groups excluding carboxylic acids is 1. The first kappa shape index (κ1) is 21.4. The first-order valence-corrected chi connectivity index (χ1v) is 9.45. The van der Waals surface area contributed by atoms with E-state index in [1.54, 1.807) is 36.7 Å². The van der Waals surface area contributed by atoms with Crippen molar-refractivity contribution in [2.24, 2.45) is 10.8 Å². The normalized spacial score (nSPS) is 10.8. The molecule has 8 heteroatoms. The fraction of sp³-hybridized carbons (Fsp3) is 0.0435. The summed E-state index contributed by atoms with van der Waals surface area (Å²) in [5, 5.41) is 6.22. The van der Waals surface area contributed by atoms with Crippen LogP contribution in [-0.4, -0.2) is 21.6 Å². The zero-order chi connectivity index (χ0) is 22.2. The number of benzene rings is 2. The average molecular weight is 413 g/mol. The minimum Gasteiger partial charge on any atom is -0.361 e. The zero-order valence-electron chi connectivity index (χ0n) is 17.1. The Morgan fingerprint density at radius 1 is 1.13 bits per heavy atom. The number of para-hydroxylation sites is 1. The number of nitrogens with two attached hydrogens (primary N) is 1. The molecule has 1 heterocycles. The molecular weight excluding hydrogens is 390 g/mol. The molecule has 3 rings (SSSR count). The number of aliphatic imine (C=N–C) groups is 1. The summed E-state index contributed by atoms with van der Waals surface area (Å²) in [5.74, 6) is 6.39. The second kappa shape index (κ2) is 9.95. The van der Waals surface area contributed by atoms with Crippen LogP contribution in [0.3, 0.4) is 0 Å². The second-order valence-electron chi connectivity index (χ2n) is 6.46. The van der Waals surface area contributed by atoms with Gasteiger partial charge in [-0.3, -0.25) is 4.79 Å². The van der Waals surface area contributed by atoms with Gasteiger partial charge in [0, 0.05) is 23.0 Å². The molecule has 0 saturated heterocycles. The Morgan fingerprint density at radius 3 is 2.58 bits per heavy atom. The third-order valence-corrected chi connectivity index (χ3v) is 4.39. The van der Waals surface area contributed by atoms with Gasteiger partial charge in [0.15, 0.2) is 5.78 Å². The third kappa shape index (κ3) is 5.20. The van der Waals surface area contributed by atoms with Gasteiger partial charge in [0.2, 0.25) is 0 Å². The molecule has 2 aromatic carbocycles. The molecule has 0 aliphatic carbocycles. The van der Waals surface area contributed by atoms with Gasteiger partial charge in [-0.25, -0.2) is 10.8 Å². The Morgan fingerprint density at radius 2 is 1.90 bits per heavy atom. The van der Waals surface area contributed by atoms with E-state index in [4.69, 9.17) is 5.84 Å².